The van der Waals surface area contributed by atoms with E-state index in [0.29, 0.717) is 6.61 Å². The fourth-order valence-corrected chi connectivity index (χ4v) is 3.19. The lowest BCUT2D eigenvalue weighted by atomic mass is 10.2. The summed E-state index contributed by atoms with van der Waals surface area (Å²) in [6.45, 7) is 5.39. The van der Waals surface area contributed by atoms with Gasteiger partial charge in [0.05, 0.1) is 15.9 Å². The Morgan fingerprint density at radius 3 is 2.70 bits per heavy atom. The summed E-state index contributed by atoms with van der Waals surface area (Å²) in [6, 6.07) is 6.02. The molecule has 0 aliphatic heterocycles. The molecule has 1 aromatic carbocycles. The van der Waals surface area contributed by atoms with Gasteiger partial charge in [-0.05, 0) is 48.0 Å². The van der Waals surface area contributed by atoms with E-state index < -0.39 is 0 Å². The number of benzene rings is 1. The molecule has 0 saturated carbocycles. The number of hydrogen-bond acceptors (Lipinski definition) is 2. The first-order chi connectivity index (χ1) is 9.56. The summed E-state index contributed by atoms with van der Waals surface area (Å²) in [6.07, 6.45) is 0. The molecular weight excluding hydrogens is 452 g/mol. The summed E-state index contributed by atoms with van der Waals surface area (Å²) in [4.78, 5) is 0. The van der Waals surface area contributed by atoms with Crippen molar-refractivity contribution in [3.63, 3.8) is 0 Å². The van der Waals surface area contributed by atoms with Gasteiger partial charge in [-0.1, -0.05) is 31.9 Å². The predicted molar refractivity (Wildman–Crippen MR) is 91.4 cm³/mol. The Balaban J connectivity index is 2.21. The molecule has 0 aliphatic rings. The highest BCUT2D eigenvalue weighted by Gasteiger charge is 2.13. The van der Waals surface area contributed by atoms with Gasteiger partial charge < -0.3 is 4.74 Å². The summed E-state index contributed by atoms with van der Waals surface area (Å²) < 4.78 is 10.0. The van der Waals surface area contributed by atoms with Crippen molar-refractivity contribution >= 4 is 47.8 Å². The molecule has 0 radical (unpaired) electrons. The second kappa shape index (κ2) is 7.09. The Morgan fingerprint density at radius 1 is 1.30 bits per heavy atom. The van der Waals surface area contributed by atoms with E-state index in [1.807, 2.05) is 23.7 Å². The molecule has 0 bridgehead atoms. The second-order valence-electron chi connectivity index (χ2n) is 4.34. The van der Waals surface area contributed by atoms with Crippen LogP contribution in [-0.2, 0) is 18.5 Å². The number of rotatable bonds is 5. The van der Waals surface area contributed by atoms with Gasteiger partial charge in [0.25, 0.3) is 0 Å². The first kappa shape index (κ1) is 16.0. The van der Waals surface area contributed by atoms with Crippen LogP contribution in [0, 0.1) is 6.92 Å². The quantitative estimate of drug-likeness (QED) is 0.565. The number of ether oxygens (including phenoxy) is 1. The highest BCUT2D eigenvalue weighted by atomic mass is 79.9. The lowest BCUT2D eigenvalue weighted by molar-refractivity contribution is 0.289. The molecule has 0 fully saturated rings. The SMILES string of the molecule is CCn1nc(C)c(Br)c1COc1ccc(Br)cc1CBr. The zero-order valence-corrected chi connectivity index (χ0v) is 16.0. The molecular formula is C14H15Br3N2O. The molecule has 0 N–H and O–H groups in total. The van der Waals surface area contributed by atoms with Gasteiger partial charge in [0, 0.05) is 21.9 Å². The van der Waals surface area contributed by atoms with Gasteiger partial charge in [0.2, 0.25) is 0 Å². The van der Waals surface area contributed by atoms with E-state index in [1.165, 1.54) is 0 Å². The van der Waals surface area contributed by atoms with Crippen molar-refractivity contribution in [2.24, 2.45) is 0 Å². The summed E-state index contributed by atoms with van der Waals surface area (Å²) in [5.41, 5.74) is 3.17. The van der Waals surface area contributed by atoms with Crippen molar-refractivity contribution in [3.8, 4) is 5.75 Å². The van der Waals surface area contributed by atoms with Crippen LogP contribution in [0.25, 0.3) is 0 Å². The van der Waals surface area contributed by atoms with Crippen molar-refractivity contribution in [2.45, 2.75) is 32.3 Å². The molecule has 1 heterocycles. The lowest BCUT2D eigenvalue weighted by Crippen LogP contribution is -2.07. The molecule has 0 aliphatic carbocycles. The van der Waals surface area contributed by atoms with E-state index in [-0.39, 0.29) is 0 Å². The van der Waals surface area contributed by atoms with Crippen LogP contribution >= 0.6 is 47.8 Å². The standard InChI is InChI=1S/C14H15Br3N2O/c1-3-19-12(14(17)9(2)18-19)8-20-13-5-4-11(16)6-10(13)7-15/h4-6H,3,7-8H2,1-2H3. The molecule has 6 heteroatoms. The molecule has 2 aromatic rings. The third kappa shape index (κ3) is 3.46. The van der Waals surface area contributed by atoms with Gasteiger partial charge in [-0.2, -0.15) is 5.10 Å². The van der Waals surface area contributed by atoms with Gasteiger partial charge in [-0.25, -0.2) is 0 Å². The van der Waals surface area contributed by atoms with Crippen molar-refractivity contribution in [1.82, 2.24) is 9.78 Å². The maximum absolute atomic E-state index is 5.96. The molecule has 0 spiro atoms. The van der Waals surface area contributed by atoms with Crippen molar-refractivity contribution in [2.75, 3.05) is 0 Å². The summed E-state index contributed by atoms with van der Waals surface area (Å²) in [7, 11) is 0. The van der Waals surface area contributed by atoms with Crippen LogP contribution in [0.5, 0.6) is 5.75 Å². The number of aryl methyl sites for hydroxylation is 2. The molecule has 0 atom stereocenters. The van der Waals surface area contributed by atoms with Crippen molar-refractivity contribution in [1.29, 1.82) is 0 Å². The number of halogens is 3. The summed E-state index contributed by atoms with van der Waals surface area (Å²) in [5.74, 6) is 0.887. The normalized spacial score (nSPS) is 10.8. The van der Waals surface area contributed by atoms with Gasteiger partial charge in [0.1, 0.15) is 12.4 Å². The number of nitrogens with zero attached hydrogens (tertiary/aromatic N) is 2. The summed E-state index contributed by atoms with van der Waals surface area (Å²) >= 11 is 10.5. The minimum absolute atomic E-state index is 0.497. The smallest absolute Gasteiger partial charge is 0.131 e. The van der Waals surface area contributed by atoms with Crippen LogP contribution in [0.1, 0.15) is 23.9 Å². The maximum atomic E-state index is 5.96. The van der Waals surface area contributed by atoms with E-state index in [9.17, 15) is 0 Å². The third-order valence-corrected chi connectivity index (χ3v) is 5.11. The van der Waals surface area contributed by atoms with E-state index >= 15 is 0 Å². The molecule has 20 heavy (non-hydrogen) atoms. The Labute approximate surface area is 144 Å². The van der Waals surface area contributed by atoms with E-state index in [0.717, 1.165) is 43.5 Å². The van der Waals surface area contributed by atoms with Crippen molar-refractivity contribution in [3.05, 3.63) is 44.1 Å². The fourth-order valence-electron chi connectivity index (χ4n) is 1.95. The van der Waals surface area contributed by atoms with Gasteiger partial charge >= 0.3 is 0 Å². The zero-order valence-electron chi connectivity index (χ0n) is 11.3. The molecule has 108 valence electrons. The number of alkyl halides is 1. The molecule has 1 aromatic heterocycles. The largest absolute Gasteiger partial charge is 0.487 e. The molecule has 3 nitrogen and oxygen atoms in total. The average Bonchev–Trinajstić information content (AvgIpc) is 2.72. The first-order valence-electron chi connectivity index (χ1n) is 6.25. The minimum atomic E-state index is 0.497. The minimum Gasteiger partial charge on any atom is -0.487 e. The third-order valence-electron chi connectivity index (χ3n) is 2.98. The van der Waals surface area contributed by atoms with Crippen LogP contribution in [0.15, 0.2) is 27.1 Å². The second-order valence-corrected chi connectivity index (χ2v) is 6.61. The number of aromatic nitrogens is 2. The maximum Gasteiger partial charge on any atom is 0.131 e. The predicted octanol–water partition coefficient (Wildman–Crippen LogP) is 5.21. The lowest BCUT2D eigenvalue weighted by Gasteiger charge is -2.11. The topological polar surface area (TPSA) is 27.1 Å². The van der Waals surface area contributed by atoms with Crippen LogP contribution in [0.2, 0.25) is 0 Å². The van der Waals surface area contributed by atoms with Crippen molar-refractivity contribution < 1.29 is 4.74 Å². The Hall–Kier alpha value is -0.330. The Morgan fingerprint density at radius 2 is 2.05 bits per heavy atom. The molecule has 2 rings (SSSR count). The van der Waals surface area contributed by atoms with Crippen LogP contribution < -0.4 is 4.74 Å². The monoisotopic (exact) mass is 464 g/mol. The molecule has 0 unspecified atom stereocenters. The van der Waals surface area contributed by atoms with Crippen LogP contribution in [0.4, 0.5) is 0 Å². The van der Waals surface area contributed by atoms with E-state index in [1.54, 1.807) is 0 Å². The number of hydrogen-bond donors (Lipinski definition) is 0. The van der Waals surface area contributed by atoms with Gasteiger partial charge in [-0.3, -0.25) is 4.68 Å². The van der Waals surface area contributed by atoms with Gasteiger partial charge in [0.15, 0.2) is 0 Å². The first-order valence-corrected chi connectivity index (χ1v) is 8.96. The molecule has 0 amide bonds. The van der Waals surface area contributed by atoms with Crippen LogP contribution in [-0.4, -0.2) is 9.78 Å². The fraction of sp³-hybridized carbons (Fsp3) is 0.357. The highest BCUT2D eigenvalue weighted by molar-refractivity contribution is 9.10. The Bertz CT molecular complexity index is 611. The van der Waals surface area contributed by atoms with E-state index in [4.69, 9.17) is 4.74 Å². The zero-order chi connectivity index (χ0) is 14.7. The summed E-state index contributed by atoms with van der Waals surface area (Å²) in [5, 5.41) is 5.23. The highest BCUT2D eigenvalue weighted by Crippen LogP contribution is 2.28. The van der Waals surface area contributed by atoms with Gasteiger partial charge in [-0.15, -0.1) is 0 Å². The van der Waals surface area contributed by atoms with E-state index in [2.05, 4.69) is 65.9 Å². The average molecular weight is 467 g/mol. The van der Waals surface area contributed by atoms with Crippen LogP contribution in [0.3, 0.4) is 0 Å². The Kier molecular flexibility index (Phi) is 5.69. The molecule has 0 saturated heterocycles.